The molecule has 0 unspecified atom stereocenters. The van der Waals surface area contributed by atoms with E-state index in [1.54, 1.807) is 31.2 Å². The molecule has 1 N–H and O–H groups in total. The van der Waals surface area contributed by atoms with Crippen molar-refractivity contribution in [2.45, 2.75) is 43.6 Å². The number of aliphatic hydroxyl groups is 1. The van der Waals surface area contributed by atoms with Crippen molar-refractivity contribution in [3.63, 3.8) is 0 Å². The molecule has 0 atom stereocenters. The molecule has 9 nitrogen and oxygen atoms in total. The molecule has 47 heavy (non-hydrogen) atoms. The van der Waals surface area contributed by atoms with Gasteiger partial charge < -0.3 is 14.3 Å². The average Bonchev–Trinajstić information content (AvgIpc) is 3.58. The van der Waals surface area contributed by atoms with E-state index < -0.39 is 39.4 Å². The number of hydrogen-bond acceptors (Lipinski definition) is 8. The molecule has 248 valence electrons. The molecule has 15 heteroatoms. The van der Waals surface area contributed by atoms with E-state index in [0.29, 0.717) is 27.8 Å². The van der Waals surface area contributed by atoms with Crippen LogP contribution in [0.15, 0.2) is 82.1 Å². The molecular weight excluding hydrogens is 649 g/mol. The Hall–Kier alpha value is -4.60. The van der Waals surface area contributed by atoms with Gasteiger partial charge >= 0.3 is 12.3 Å². The first-order chi connectivity index (χ1) is 21.8. The number of nitrogens with zero attached hydrogens (tertiary/aromatic N) is 3. The molecule has 0 amide bonds. The largest absolute Gasteiger partial charge is 0.573 e. The molecule has 0 spiro atoms. The second-order valence-electron chi connectivity index (χ2n) is 11.1. The van der Waals surface area contributed by atoms with Crippen LogP contribution in [-0.2, 0) is 27.3 Å². The van der Waals surface area contributed by atoms with Crippen molar-refractivity contribution in [1.82, 2.24) is 14.8 Å². The molecule has 5 rings (SSSR count). The standard InChI is InChI=1S/C32H28F5N3O6S/c1-18-38-28(19-9-12-22(13-10-19)46-32(35,36)37)29(45-18)25-16-21(20-7-6-8-23(15-20)47(42,43)44-5)11-14-24(25)26-17-27(39-40(26)4)31(33,34)30(2,3)41/h6-17,41H,1-5H3. The summed E-state index contributed by atoms with van der Waals surface area (Å²) in [4.78, 5) is 4.35. The van der Waals surface area contributed by atoms with E-state index in [1.807, 2.05) is 0 Å². The van der Waals surface area contributed by atoms with Gasteiger partial charge in [-0.05, 0) is 73.5 Å². The maximum Gasteiger partial charge on any atom is 0.573 e. The Kier molecular flexibility index (Phi) is 8.54. The fourth-order valence-electron chi connectivity index (χ4n) is 4.87. The fraction of sp³-hybridized carbons (Fsp3) is 0.250. The smallest absolute Gasteiger partial charge is 0.440 e. The van der Waals surface area contributed by atoms with Gasteiger partial charge in [-0.15, -0.1) is 13.2 Å². The molecule has 3 aromatic carbocycles. The average molecular weight is 678 g/mol. The highest BCUT2D eigenvalue weighted by Crippen LogP contribution is 2.44. The summed E-state index contributed by atoms with van der Waals surface area (Å²) < 4.78 is 109. The molecule has 5 aromatic rings. The first-order valence-electron chi connectivity index (χ1n) is 13.8. The van der Waals surface area contributed by atoms with Gasteiger partial charge in [0.05, 0.1) is 17.7 Å². The Labute approximate surface area is 266 Å². The first-order valence-corrected chi connectivity index (χ1v) is 15.3. The molecule has 0 saturated carbocycles. The highest BCUT2D eigenvalue weighted by molar-refractivity contribution is 7.86. The molecule has 2 heterocycles. The summed E-state index contributed by atoms with van der Waals surface area (Å²) in [6.45, 7) is 3.49. The van der Waals surface area contributed by atoms with E-state index in [2.05, 4.69) is 19.0 Å². The first kappa shape index (κ1) is 33.8. The van der Waals surface area contributed by atoms with E-state index in [4.69, 9.17) is 4.42 Å². The van der Waals surface area contributed by atoms with Crippen molar-refractivity contribution in [2.24, 2.45) is 7.05 Å². The van der Waals surface area contributed by atoms with Crippen LogP contribution in [0, 0.1) is 6.92 Å². The highest BCUT2D eigenvalue weighted by Gasteiger charge is 2.49. The molecule has 0 fully saturated rings. The zero-order valence-corrected chi connectivity index (χ0v) is 26.4. The summed E-state index contributed by atoms with van der Waals surface area (Å²) in [5.74, 6) is -3.85. The molecule has 0 bridgehead atoms. The van der Waals surface area contributed by atoms with Crippen LogP contribution in [0.3, 0.4) is 0 Å². The van der Waals surface area contributed by atoms with E-state index in [0.717, 1.165) is 39.2 Å². The van der Waals surface area contributed by atoms with Crippen molar-refractivity contribution in [1.29, 1.82) is 0 Å². The Balaban J connectivity index is 1.73. The monoisotopic (exact) mass is 677 g/mol. The summed E-state index contributed by atoms with van der Waals surface area (Å²) in [5.41, 5.74) is -0.729. The summed E-state index contributed by atoms with van der Waals surface area (Å²) >= 11 is 0. The lowest BCUT2D eigenvalue weighted by Gasteiger charge is -2.27. The van der Waals surface area contributed by atoms with Gasteiger partial charge in [-0.3, -0.25) is 8.86 Å². The normalized spacial score (nSPS) is 12.8. The molecular formula is C32H28F5N3O6S. The SMILES string of the molecule is COS(=O)(=O)c1cccc(-c2ccc(-c3cc(C(F)(F)C(C)(C)O)nn3C)c(-c3oc(C)nc3-c3ccc(OC(F)(F)F)cc3)c2)c1. The lowest BCUT2D eigenvalue weighted by Crippen LogP contribution is -2.40. The Morgan fingerprint density at radius 2 is 1.51 bits per heavy atom. The number of hydrogen-bond donors (Lipinski definition) is 1. The van der Waals surface area contributed by atoms with Gasteiger partial charge in [0, 0.05) is 30.7 Å². The van der Waals surface area contributed by atoms with Gasteiger partial charge in [0.15, 0.2) is 11.7 Å². The summed E-state index contributed by atoms with van der Waals surface area (Å²) in [5, 5.41) is 14.2. The minimum atomic E-state index is -4.89. The van der Waals surface area contributed by atoms with E-state index in [1.165, 1.54) is 42.1 Å². The minimum Gasteiger partial charge on any atom is -0.440 e. The summed E-state index contributed by atoms with van der Waals surface area (Å²) in [6, 6.07) is 16.9. The number of aryl methyl sites for hydroxylation is 2. The van der Waals surface area contributed by atoms with Crippen LogP contribution in [-0.4, -0.2) is 47.4 Å². The van der Waals surface area contributed by atoms with Crippen molar-refractivity contribution >= 4 is 10.1 Å². The van der Waals surface area contributed by atoms with Gasteiger partial charge in [-0.1, -0.05) is 24.3 Å². The van der Waals surface area contributed by atoms with Gasteiger partial charge in [-0.2, -0.15) is 22.3 Å². The lowest BCUT2D eigenvalue weighted by atomic mass is 9.93. The maximum atomic E-state index is 15.2. The zero-order valence-electron chi connectivity index (χ0n) is 25.6. The third-order valence-electron chi connectivity index (χ3n) is 7.28. The van der Waals surface area contributed by atoms with Crippen LogP contribution < -0.4 is 4.74 Å². The predicted molar refractivity (Wildman–Crippen MR) is 161 cm³/mol. The number of aromatic nitrogens is 3. The topological polar surface area (TPSA) is 117 Å². The summed E-state index contributed by atoms with van der Waals surface area (Å²) in [7, 11) is -1.56. The molecule has 0 aliphatic carbocycles. The molecule has 0 saturated heterocycles. The van der Waals surface area contributed by atoms with Crippen molar-refractivity contribution < 1.29 is 48.8 Å². The van der Waals surface area contributed by atoms with Gasteiger partial charge in [-0.25, -0.2) is 4.98 Å². The Morgan fingerprint density at radius 3 is 2.13 bits per heavy atom. The van der Waals surface area contributed by atoms with Crippen LogP contribution in [0.5, 0.6) is 5.75 Å². The second kappa shape index (κ2) is 11.9. The van der Waals surface area contributed by atoms with Crippen LogP contribution in [0.1, 0.15) is 25.4 Å². The number of rotatable bonds is 9. The van der Waals surface area contributed by atoms with Gasteiger partial charge in [0.25, 0.3) is 10.1 Å². The highest BCUT2D eigenvalue weighted by atomic mass is 32.2. The van der Waals surface area contributed by atoms with E-state index in [9.17, 15) is 26.7 Å². The third-order valence-corrected chi connectivity index (χ3v) is 8.55. The van der Waals surface area contributed by atoms with Crippen molar-refractivity contribution in [3.05, 3.63) is 84.4 Å². The maximum absolute atomic E-state index is 15.2. The minimum absolute atomic E-state index is 0.106. The summed E-state index contributed by atoms with van der Waals surface area (Å²) in [6.07, 6.45) is -4.89. The Morgan fingerprint density at radius 1 is 0.872 bits per heavy atom. The van der Waals surface area contributed by atoms with Crippen LogP contribution >= 0.6 is 0 Å². The number of halogens is 5. The van der Waals surface area contributed by atoms with Crippen molar-refractivity contribution in [2.75, 3.05) is 7.11 Å². The molecule has 2 aromatic heterocycles. The number of oxazole rings is 1. The van der Waals surface area contributed by atoms with Crippen LogP contribution in [0.2, 0.25) is 0 Å². The second-order valence-corrected chi connectivity index (χ2v) is 12.8. The zero-order chi connectivity index (χ0) is 34.5. The van der Waals surface area contributed by atoms with Gasteiger partial charge in [0.2, 0.25) is 0 Å². The van der Waals surface area contributed by atoms with Gasteiger partial charge in [0.1, 0.15) is 22.7 Å². The number of alkyl halides is 5. The fourth-order valence-corrected chi connectivity index (χ4v) is 5.58. The van der Waals surface area contributed by atoms with Crippen LogP contribution in [0.4, 0.5) is 22.0 Å². The van der Waals surface area contributed by atoms with Crippen molar-refractivity contribution in [3.8, 4) is 50.7 Å². The van der Waals surface area contributed by atoms with E-state index >= 15 is 8.78 Å². The quantitative estimate of drug-likeness (QED) is 0.126. The Bertz CT molecular complexity index is 2050. The number of ether oxygens (including phenoxy) is 1. The lowest BCUT2D eigenvalue weighted by molar-refractivity contribution is -0.274. The predicted octanol–water partition coefficient (Wildman–Crippen LogP) is 7.48. The van der Waals surface area contributed by atoms with E-state index in [-0.39, 0.29) is 27.9 Å². The molecule has 0 aliphatic heterocycles. The molecule has 0 radical (unpaired) electrons. The molecule has 0 aliphatic rings. The van der Waals surface area contributed by atoms with Crippen LogP contribution in [0.25, 0.3) is 45.0 Å². The number of benzene rings is 3. The third kappa shape index (κ3) is 6.77.